The van der Waals surface area contributed by atoms with Gasteiger partial charge in [0.25, 0.3) is 0 Å². The van der Waals surface area contributed by atoms with Crippen LogP contribution in [0.5, 0.6) is 0 Å². The smallest absolute Gasteiger partial charge is 0.149 e. The second-order valence-corrected chi connectivity index (χ2v) is 14.4. The molecule has 0 nitrogen and oxygen atoms in total. The minimum atomic E-state index is -2.71. The highest BCUT2D eigenvalue weighted by Crippen LogP contribution is 2.20. The lowest BCUT2D eigenvalue weighted by molar-refractivity contribution is 1.35. The molecule has 0 bridgehead atoms. The summed E-state index contributed by atoms with van der Waals surface area (Å²) in [6.45, 7) is 13.5. The van der Waals surface area contributed by atoms with Gasteiger partial charge in [0, 0.05) is 0 Å². The monoisotopic (exact) mass is 464 g/mol. The van der Waals surface area contributed by atoms with E-state index in [4.69, 9.17) is 11.1 Å². The third-order valence-corrected chi connectivity index (χ3v) is 13.0. The van der Waals surface area contributed by atoms with Gasteiger partial charge in [0.05, 0.1) is 0 Å². The fourth-order valence-electron chi connectivity index (χ4n) is 6.39. The van der Waals surface area contributed by atoms with Gasteiger partial charge in [-0.1, -0.05) is 111 Å². The van der Waals surface area contributed by atoms with E-state index in [9.17, 15) is 0 Å². The van der Waals surface area contributed by atoms with E-state index in [1.54, 1.807) is 0 Å². The zero-order valence-electron chi connectivity index (χ0n) is 20.4. The summed E-state index contributed by atoms with van der Waals surface area (Å²) < 4.78 is 0. The zero-order valence-corrected chi connectivity index (χ0v) is 22.1. The van der Waals surface area contributed by atoms with Gasteiger partial charge in [-0.05, 0) is 68.2 Å². The van der Waals surface area contributed by atoms with Crippen LogP contribution >= 0.6 is 11.1 Å². The molecule has 1 aliphatic rings. The largest absolute Gasteiger partial charge is 0.247 e. The van der Waals surface area contributed by atoms with Crippen LogP contribution in [0.15, 0.2) is 72.8 Å². The summed E-state index contributed by atoms with van der Waals surface area (Å²) >= 11 is 8.02. The molecule has 3 heteroatoms. The molecule has 0 unspecified atom stereocenters. The maximum absolute atomic E-state index is 8.02. The molecular formula is C30H30BClSi. The van der Waals surface area contributed by atoms with Crippen LogP contribution in [0.2, 0.25) is 0 Å². The Bertz CT molecular complexity index is 1310. The van der Waals surface area contributed by atoms with Gasteiger partial charge in [0.15, 0.2) is 0 Å². The Balaban J connectivity index is 1.90. The van der Waals surface area contributed by atoms with Crippen LogP contribution in [0.4, 0.5) is 0 Å². The van der Waals surface area contributed by atoms with Gasteiger partial charge in [-0.15, -0.1) is 11.1 Å². The second-order valence-electron chi connectivity index (χ2n) is 9.85. The Kier molecular flexibility index (Phi) is 5.42. The van der Waals surface area contributed by atoms with Crippen LogP contribution in [0.25, 0.3) is 0 Å². The van der Waals surface area contributed by atoms with Crippen molar-refractivity contribution in [1.82, 2.24) is 0 Å². The van der Waals surface area contributed by atoms with Crippen molar-refractivity contribution in [1.29, 1.82) is 0 Å². The first-order chi connectivity index (χ1) is 15.7. The quantitative estimate of drug-likeness (QED) is 0.314. The van der Waals surface area contributed by atoms with Crippen LogP contribution in [-0.4, -0.2) is 14.1 Å². The molecule has 0 saturated heterocycles. The van der Waals surface area contributed by atoms with Gasteiger partial charge in [0.1, 0.15) is 0 Å². The molecule has 164 valence electrons. The molecule has 1 heterocycles. The number of fused-ring (bicyclic) bond motifs is 2. The van der Waals surface area contributed by atoms with Crippen molar-refractivity contribution in [3.63, 3.8) is 0 Å². The Morgan fingerprint density at radius 1 is 0.576 bits per heavy atom. The van der Waals surface area contributed by atoms with Crippen LogP contribution < -0.4 is 31.9 Å². The second kappa shape index (κ2) is 8.04. The average Bonchev–Trinajstić information content (AvgIpc) is 2.75. The predicted molar refractivity (Wildman–Crippen MR) is 149 cm³/mol. The number of halogens is 1. The Hall–Kier alpha value is -2.55. The van der Waals surface area contributed by atoms with Crippen LogP contribution in [0, 0.1) is 41.5 Å². The van der Waals surface area contributed by atoms with E-state index in [1.165, 1.54) is 65.3 Å². The molecule has 1 aliphatic heterocycles. The molecular weight excluding hydrogens is 435 g/mol. The molecule has 0 fully saturated rings. The Morgan fingerprint density at radius 3 is 1.42 bits per heavy atom. The van der Waals surface area contributed by atoms with Crippen molar-refractivity contribution < 1.29 is 0 Å². The lowest BCUT2D eigenvalue weighted by Gasteiger charge is -2.40. The SMILES string of the molecule is Cc1cc(C)c(B2c3ccccc3[Si](Cl)(c3c(C)cc(C)cc3C)c3ccccc32)c(C)c1. The van der Waals surface area contributed by atoms with Crippen LogP contribution in [0.3, 0.4) is 0 Å². The minimum absolute atomic E-state index is 0.198. The average molecular weight is 465 g/mol. The third-order valence-electron chi connectivity index (χ3n) is 7.33. The number of aryl methyl sites for hydroxylation is 6. The van der Waals surface area contributed by atoms with E-state index in [0.717, 1.165) is 0 Å². The van der Waals surface area contributed by atoms with Crippen molar-refractivity contribution in [2.24, 2.45) is 0 Å². The molecule has 0 atom stereocenters. The first kappa shape index (κ1) is 22.3. The fourth-order valence-corrected chi connectivity index (χ4v) is 12.3. The van der Waals surface area contributed by atoms with Crippen LogP contribution in [0.1, 0.15) is 33.4 Å². The molecule has 0 amide bonds. The predicted octanol–water partition coefficient (Wildman–Crippen LogP) is 3.57. The number of benzene rings is 4. The summed E-state index contributed by atoms with van der Waals surface area (Å²) in [6, 6.07) is 27.2. The molecule has 4 aromatic carbocycles. The van der Waals surface area contributed by atoms with Crippen LogP contribution in [-0.2, 0) is 0 Å². The standard InChI is InChI=1S/C30H30BClSi/c1-19-15-21(3)29(22(4)16-19)31-25-11-7-9-13-27(25)33(32,28-14-10-8-12-26(28)31)30-23(5)17-20(2)18-24(30)6/h7-18H,1-6H3. The maximum atomic E-state index is 8.02. The lowest BCUT2D eigenvalue weighted by atomic mass is 9.35. The Morgan fingerprint density at radius 2 is 0.970 bits per heavy atom. The number of hydrogen-bond acceptors (Lipinski definition) is 0. The highest BCUT2D eigenvalue weighted by molar-refractivity contribution is 7.43. The maximum Gasteiger partial charge on any atom is 0.247 e. The first-order valence-corrected chi connectivity index (χ1v) is 14.8. The number of hydrogen-bond donors (Lipinski definition) is 0. The van der Waals surface area contributed by atoms with E-state index in [-0.39, 0.29) is 6.71 Å². The van der Waals surface area contributed by atoms with E-state index >= 15 is 0 Å². The normalized spacial score (nSPS) is 14.1. The summed E-state index contributed by atoms with van der Waals surface area (Å²) in [5, 5.41) is 4.03. The van der Waals surface area contributed by atoms with E-state index in [1.807, 2.05) is 0 Å². The molecule has 5 rings (SSSR count). The van der Waals surface area contributed by atoms with E-state index < -0.39 is 7.38 Å². The fraction of sp³-hybridized carbons (Fsp3) is 0.200. The summed E-state index contributed by atoms with van der Waals surface area (Å²) in [5.41, 5.74) is 12.1. The zero-order chi connectivity index (χ0) is 23.5. The topological polar surface area (TPSA) is 0 Å². The van der Waals surface area contributed by atoms with Gasteiger partial charge in [-0.2, -0.15) is 0 Å². The first-order valence-electron chi connectivity index (χ1n) is 11.8. The van der Waals surface area contributed by atoms with Gasteiger partial charge in [-0.25, -0.2) is 0 Å². The third kappa shape index (κ3) is 3.35. The molecule has 0 radical (unpaired) electrons. The summed E-state index contributed by atoms with van der Waals surface area (Å²) in [4.78, 5) is 0. The summed E-state index contributed by atoms with van der Waals surface area (Å²) in [5.74, 6) is 0. The summed E-state index contributed by atoms with van der Waals surface area (Å²) in [6.07, 6.45) is 0. The summed E-state index contributed by atoms with van der Waals surface area (Å²) in [7, 11) is -2.71. The van der Waals surface area contributed by atoms with Crippen molar-refractivity contribution in [3.05, 3.63) is 106 Å². The molecule has 0 N–H and O–H groups in total. The highest BCUT2D eigenvalue weighted by atomic mass is 35.6. The van der Waals surface area contributed by atoms with Gasteiger partial charge in [0.2, 0.25) is 14.1 Å². The van der Waals surface area contributed by atoms with Gasteiger partial charge < -0.3 is 0 Å². The minimum Gasteiger partial charge on any atom is -0.149 e. The van der Waals surface area contributed by atoms with E-state index in [0.29, 0.717) is 0 Å². The highest BCUT2D eigenvalue weighted by Gasteiger charge is 2.49. The van der Waals surface area contributed by atoms with Crippen molar-refractivity contribution in [2.45, 2.75) is 41.5 Å². The number of rotatable bonds is 2. The van der Waals surface area contributed by atoms with Crippen molar-refractivity contribution in [2.75, 3.05) is 0 Å². The Labute approximate surface area is 204 Å². The van der Waals surface area contributed by atoms with Crippen molar-refractivity contribution in [3.8, 4) is 0 Å². The van der Waals surface area contributed by atoms with Gasteiger partial charge >= 0.3 is 0 Å². The molecule has 0 saturated carbocycles. The molecule has 33 heavy (non-hydrogen) atoms. The van der Waals surface area contributed by atoms with Crippen molar-refractivity contribution >= 4 is 57.1 Å². The van der Waals surface area contributed by atoms with Gasteiger partial charge in [-0.3, -0.25) is 0 Å². The molecule has 0 aliphatic carbocycles. The molecule has 4 aromatic rings. The van der Waals surface area contributed by atoms with E-state index in [2.05, 4.69) is 114 Å². The molecule has 0 aromatic heterocycles. The molecule has 0 spiro atoms. The lowest BCUT2D eigenvalue weighted by Crippen LogP contribution is -2.81.